The van der Waals surface area contributed by atoms with Gasteiger partial charge in [0.2, 0.25) is 6.41 Å². The molecule has 6 heteroatoms. The van der Waals surface area contributed by atoms with Crippen LogP contribution in [-0.2, 0) is 4.79 Å². The molecule has 0 aromatic carbocycles. The Bertz CT molecular complexity index is 841. The third kappa shape index (κ3) is 2.32. The first-order valence-electron chi connectivity index (χ1n) is 6.93. The Morgan fingerprint density at radius 3 is 2.82 bits per heavy atom. The number of amides is 1. The molecule has 22 heavy (non-hydrogen) atoms. The van der Waals surface area contributed by atoms with Gasteiger partial charge in [0, 0.05) is 29.4 Å². The quantitative estimate of drug-likeness (QED) is 0.751. The fraction of sp³-hybridized carbons (Fsp3) is 0.188. The third-order valence-electron chi connectivity index (χ3n) is 3.52. The molecule has 0 aliphatic carbocycles. The van der Waals surface area contributed by atoms with E-state index in [4.69, 9.17) is 0 Å². The summed E-state index contributed by atoms with van der Waals surface area (Å²) >= 11 is 0. The summed E-state index contributed by atoms with van der Waals surface area (Å²) in [6, 6.07) is 5.46. The zero-order valence-electron chi connectivity index (χ0n) is 12.2. The van der Waals surface area contributed by atoms with Crippen LogP contribution in [0.2, 0.25) is 0 Å². The number of nitrogens with zero attached hydrogens (tertiary/aromatic N) is 3. The van der Waals surface area contributed by atoms with E-state index in [0.29, 0.717) is 17.8 Å². The van der Waals surface area contributed by atoms with Crippen molar-refractivity contribution in [1.29, 1.82) is 0 Å². The average molecular weight is 298 g/mol. The van der Waals surface area contributed by atoms with Gasteiger partial charge in [-0.25, -0.2) is 14.4 Å². The monoisotopic (exact) mass is 298 g/mol. The van der Waals surface area contributed by atoms with Gasteiger partial charge in [-0.05, 0) is 37.6 Å². The van der Waals surface area contributed by atoms with E-state index in [1.54, 1.807) is 12.3 Å². The van der Waals surface area contributed by atoms with E-state index in [2.05, 4.69) is 29.1 Å². The second-order valence-corrected chi connectivity index (χ2v) is 5.22. The van der Waals surface area contributed by atoms with Crippen molar-refractivity contribution >= 4 is 23.3 Å². The lowest BCUT2D eigenvalue weighted by Gasteiger charge is -2.10. The molecule has 0 radical (unpaired) electrons. The normalized spacial score (nSPS) is 11.1. The van der Waals surface area contributed by atoms with Gasteiger partial charge in [0.15, 0.2) is 0 Å². The van der Waals surface area contributed by atoms with E-state index in [1.807, 2.05) is 16.8 Å². The van der Waals surface area contributed by atoms with Crippen LogP contribution < -0.4 is 5.32 Å². The number of fused-ring (bicyclic) bond motifs is 1. The van der Waals surface area contributed by atoms with Gasteiger partial charge in [0.1, 0.15) is 17.3 Å². The molecular weight excluding hydrogens is 283 g/mol. The van der Waals surface area contributed by atoms with Crippen molar-refractivity contribution in [2.45, 2.75) is 19.9 Å². The molecule has 0 bridgehead atoms. The van der Waals surface area contributed by atoms with Crippen molar-refractivity contribution in [3.63, 3.8) is 0 Å². The molecule has 0 fully saturated rings. The highest BCUT2D eigenvalue weighted by molar-refractivity contribution is 5.94. The second-order valence-electron chi connectivity index (χ2n) is 5.22. The van der Waals surface area contributed by atoms with Crippen molar-refractivity contribution in [3.05, 3.63) is 42.6 Å². The summed E-state index contributed by atoms with van der Waals surface area (Å²) in [4.78, 5) is 18.8. The van der Waals surface area contributed by atoms with E-state index in [-0.39, 0.29) is 6.04 Å². The number of hydrogen-bond donors (Lipinski definition) is 1. The molecule has 1 amide bonds. The molecule has 3 aromatic rings. The van der Waals surface area contributed by atoms with Crippen LogP contribution >= 0.6 is 0 Å². The van der Waals surface area contributed by atoms with E-state index in [1.165, 1.54) is 6.07 Å². The molecule has 0 saturated heterocycles. The minimum absolute atomic E-state index is 0.259. The van der Waals surface area contributed by atoms with Crippen LogP contribution in [-0.4, -0.2) is 20.9 Å². The molecule has 5 nitrogen and oxygen atoms in total. The zero-order valence-corrected chi connectivity index (χ0v) is 12.2. The fourth-order valence-electron chi connectivity index (χ4n) is 2.49. The number of pyridine rings is 2. The molecule has 0 atom stereocenters. The van der Waals surface area contributed by atoms with Gasteiger partial charge in [0.25, 0.3) is 0 Å². The van der Waals surface area contributed by atoms with Gasteiger partial charge >= 0.3 is 0 Å². The van der Waals surface area contributed by atoms with E-state index in [0.717, 1.165) is 22.8 Å². The molecule has 0 unspecified atom stereocenters. The highest BCUT2D eigenvalue weighted by atomic mass is 19.1. The molecule has 0 aliphatic rings. The largest absolute Gasteiger partial charge is 0.330 e. The summed E-state index contributed by atoms with van der Waals surface area (Å²) in [5.41, 5.74) is 1.90. The Kier molecular flexibility index (Phi) is 3.58. The summed E-state index contributed by atoms with van der Waals surface area (Å²) in [5.74, 6) is -0.138. The SMILES string of the molecule is CC(C)n1ccc2c(-c3cc(NC=O)ncc3F)ccnc21. The summed E-state index contributed by atoms with van der Waals surface area (Å²) in [6.07, 6.45) is 5.22. The Hall–Kier alpha value is -2.76. The lowest BCUT2D eigenvalue weighted by Crippen LogP contribution is -2.00. The van der Waals surface area contributed by atoms with E-state index >= 15 is 0 Å². The summed E-state index contributed by atoms with van der Waals surface area (Å²) in [6.45, 7) is 4.12. The van der Waals surface area contributed by atoms with Gasteiger partial charge in [-0.3, -0.25) is 4.79 Å². The van der Waals surface area contributed by atoms with Crippen molar-refractivity contribution in [2.75, 3.05) is 5.32 Å². The van der Waals surface area contributed by atoms with E-state index in [9.17, 15) is 9.18 Å². The first kappa shape index (κ1) is 14.2. The molecular formula is C16H15FN4O. The lowest BCUT2D eigenvalue weighted by molar-refractivity contribution is -0.105. The topological polar surface area (TPSA) is 59.8 Å². The van der Waals surface area contributed by atoms with Crippen LogP contribution in [0.4, 0.5) is 10.2 Å². The van der Waals surface area contributed by atoms with Crippen molar-refractivity contribution < 1.29 is 9.18 Å². The zero-order chi connectivity index (χ0) is 15.7. The predicted octanol–water partition coefficient (Wildman–Crippen LogP) is 3.39. The number of halogens is 1. The molecule has 112 valence electrons. The van der Waals surface area contributed by atoms with Crippen LogP contribution in [0.5, 0.6) is 0 Å². The molecule has 3 rings (SSSR count). The Labute approximate surface area is 126 Å². The summed E-state index contributed by atoms with van der Waals surface area (Å²) in [7, 11) is 0. The summed E-state index contributed by atoms with van der Waals surface area (Å²) < 4.78 is 16.2. The van der Waals surface area contributed by atoms with Gasteiger partial charge in [0.05, 0.1) is 6.20 Å². The number of carbonyl (C=O) groups excluding carboxylic acids is 1. The summed E-state index contributed by atoms with van der Waals surface area (Å²) in [5, 5.41) is 3.30. The number of aromatic nitrogens is 3. The average Bonchev–Trinajstić information content (AvgIpc) is 2.93. The van der Waals surface area contributed by atoms with Gasteiger partial charge in [-0.15, -0.1) is 0 Å². The van der Waals surface area contributed by atoms with Gasteiger partial charge in [-0.1, -0.05) is 0 Å². The lowest BCUT2D eigenvalue weighted by atomic mass is 10.0. The van der Waals surface area contributed by atoms with Crippen LogP contribution in [0.1, 0.15) is 19.9 Å². The molecule has 0 spiro atoms. The number of nitrogens with one attached hydrogen (secondary N) is 1. The van der Waals surface area contributed by atoms with Crippen molar-refractivity contribution in [3.8, 4) is 11.1 Å². The number of rotatable bonds is 4. The maximum Gasteiger partial charge on any atom is 0.212 e. The number of hydrogen-bond acceptors (Lipinski definition) is 3. The molecule has 3 aromatic heterocycles. The van der Waals surface area contributed by atoms with Crippen LogP contribution in [0.15, 0.2) is 36.8 Å². The van der Waals surface area contributed by atoms with Crippen molar-refractivity contribution in [2.24, 2.45) is 0 Å². The first-order chi connectivity index (χ1) is 10.6. The predicted molar refractivity (Wildman–Crippen MR) is 83.0 cm³/mol. The maximum absolute atomic E-state index is 14.2. The maximum atomic E-state index is 14.2. The smallest absolute Gasteiger partial charge is 0.212 e. The molecule has 0 aliphatic heterocycles. The molecule has 1 N–H and O–H groups in total. The Morgan fingerprint density at radius 1 is 1.27 bits per heavy atom. The number of anilines is 1. The molecule has 0 saturated carbocycles. The van der Waals surface area contributed by atoms with Crippen LogP contribution in [0.25, 0.3) is 22.2 Å². The van der Waals surface area contributed by atoms with Gasteiger partial charge < -0.3 is 9.88 Å². The highest BCUT2D eigenvalue weighted by Gasteiger charge is 2.14. The fourth-order valence-corrected chi connectivity index (χ4v) is 2.49. The minimum atomic E-state index is -0.443. The highest BCUT2D eigenvalue weighted by Crippen LogP contribution is 2.31. The van der Waals surface area contributed by atoms with Gasteiger partial charge in [-0.2, -0.15) is 0 Å². The Balaban J connectivity index is 2.22. The molecule has 3 heterocycles. The Morgan fingerprint density at radius 2 is 2.09 bits per heavy atom. The van der Waals surface area contributed by atoms with Crippen LogP contribution in [0.3, 0.4) is 0 Å². The van der Waals surface area contributed by atoms with Crippen molar-refractivity contribution in [1.82, 2.24) is 14.5 Å². The minimum Gasteiger partial charge on any atom is -0.330 e. The third-order valence-corrected chi connectivity index (χ3v) is 3.52. The van der Waals surface area contributed by atoms with E-state index < -0.39 is 5.82 Å². The first-order valence-corrected chi connectivity index (χ1v) is 6.93. The number of carbonyl (C=O) groups is 1. The standard InChI is InChI=1S/C16H15FN4O/c1-10(2)21-6-4-12-11(3-5-18-16(12)21)13-7-15(20-9-22)19-8-14(13)17/h3-10H,1-2H3,(H,19,20,22). The van der Waals surface area contributed by atoms with Crippen LogP contribution in [0, 0.1) is 5.82 Å². The second kappa shape index (κ2) is 5.55.